The number of rotatable bonds is 4. The number of hydrogen-bond donors (Lipinski definition) is 1. The number of likely N-dealkylation sites (N-methyl/N-ethyl adjacent to an activating group) is 2. The van der Waals surface area contributed by atoms with E-state index in [1.165, 1.54) is 45.2 Å². The highest BCUT2D eigenvalue weighted by atomic mass is 15.2. The van der Waals surface area contributed by atoms with Crippen molar-refractivity contribution in [1.82, 2.24) is 9.80 Å². The fraction of sp³-hybridized carbons (Fsp3) is 1.00. The van der Waals surface area contributed by atoms with E-state index in [0.29, 0.717) is 0 Å². The van der Waals surface area contributed by atoms with E-state index in [-0.39, 0.29) is 5.54 Å². The molecule has 112 valence electrons. The standard InChI is InChI=1S/C16H33N3/c1-13-7-8-14(2)16(10-13,12-17)19(4)11-15-6-5-9-18(15)3/h13-15H,5-12,17H2,1-4H3. The fourth-order valence-electron chi connectivity index (χ4n) is 4.39. The summed E-state index contributed by atoms with van der Waals surface area (Å²) in [5.74, 6) is 1.55. The van der Waals surface area contributed by atoms with Crippen LogP contribution in [-0.4, -0.2) is 55.1 Å². The van der Waals surface area contributed by atoms with E-state index in [1.54, 1.807) is 0 Å². The normalized spacial score (nSPS) is 41.1. The minimum atomic E-state index is 0.237. The zero-order valence-corrected chi connectivity index (χ0v) is 13.4. The molecule has 1 saturated heterocycles. The molecule has 3 heteroatoms. The number of hydrogen-bond acceptors (Lipinski definition) is 3. The second-order valence-corrected chi connectivity index (χ2v) is 7.25. The van der Waals surface area contributed by atoms with Crippen LogP contribution in [0, 0.1) is 11.8 Å². The van der Waals surface area contributed by atoms with Gasteiger partial charge in [-0.1, -0.05) is 20.3 Å². The van der Waals surface area contributed by atoms with Gasteiger partial charge in [0.1, 0.15) is 0 Å². The van der Waals surface area contributed by atoms with Crippen molar-refractivity contribution in [2.75, 3.05) is 33.7 Å². The van der Waals surface area contributed by atoms with Crippen LogP contribution in [0.15, 0.2) is 0 Å². The Morgan fingerprint density at radius 3 is 2.58 bits per heavy atom. The maximum absolute atomic E-state index is 6.25. The molecule has 2 aliphatic rings. The predicted octanol–water partition coefficient (Wildman–Crippen LogP) is 2.17. The van der Waals surface area contributed by atoms with Gasteiger partial charge in [-0.2, -0.15) is 0 Å². The zero-order valence-electron chi connectivity index (χ0n) is 13.4. The lowest BCUT2D eigenvalue weighted by atomic mass is 9.68. The van der Waals surface area contributed by atoms with Crippen molar-refractivity contribution in [3.63, 3.8) is 0 Å². The van der Waals surface area contributed by atoms with Crippen LogP contribution in [0.5, 0.6) is 0 Å². The molecular weight excluding hydrogens is 234 g/mol. The lowest BCUT2D eigenvalue weighted by molar-refractivity contribution is 0.00282. The van der Waals surface area contributed by atoms with Crippen LogP contribution in [-0.2, 0) is 0 Å². The Morgan fingerprint density at radius 2 is 2.00 bits per heavy atom. The monoisotopic (exact) mass is 267 g/mol. The second-order valence-electron chi connectivity index (χ2n) is 7.25. The van der Waals surface area contributed by atoms with E-state index in [4.69, 9.17) is 5.73 Å². The van der Waals surface area contributed by atoms with Crippen LogP contribution >= 0.6 is 0 Å². The van der Waals surface area contributed by atoms with E-state index < -0.39 is 0 Å². The molecule has 0 aromatic rings. The van der Waals surface area contributed by atoms with Crippen LogP contribution in [0.3, 0.4) is 0 Å². The molecule has 2 rings (SSSR count). The topological polar surface area (TPSA) is 32.5 Å². The lowest BCUT2D eigenvalue weighted by Gasteiger charge is -2.51. The SMILES string of the molecule is CC1CCC(C)C(CN)(N(C)CC2CCCN2C)C1. The Bertz CT molecular complexity index is 294. The first-order chi connectivity index (χ1) is 8.99. The van der Waals surface area contributed by atoms with Crippen molar-refractivity contribution in [2.45, 2.75) is 57.5 Å². The summed E-state index contributed by atoms with van der Waals surface area (Å²) in [6, 6.07) is 0.734. The van der Waals surface area contributed by atoms with Crippen molar-refractivity contribution < 1.29 is 0 Å². The molecule has 4 unspecified atom stereocenters. The summed E-state index contributed by atoms with van der Waals surface area (Å²) in [6.07, 6.45) is 6.70. The third-order valence-electron chi connectivity index (χ3n) is 5.98. The maximum Gasteiger partial charge on any atom is 0.0357 e. The minimum Gasteiger partial charge on any atom is -0.329 e. The molecule has 3 nitrogen and oxygen atoms in total. The third kappa shape index (κ3) is 2.98. The smallest absolute Gasteiger partial charge is 0.0357 e. The van der Waals surface area contributed by atoms with E-state index >= 15 is 0 Å². The average molecular weight is 267 g/mol. The Hall–Kier alpha value is -0.120. The Balaban J connectivity index is 2.06. The molecule has 1 aliphatic carbocycles. The second kappa shape index (κ2) is 6.11. The van der Waals surface area contributed by atoms with Crippen LogP contribution in [0.1, 0.15) is 46.0 Å². The minimum absolute atomic E-state index is 0.237. The first kappa shape index (κ1) is 15.3. The molecule has 2 N–H and O–H groups in total. The summed E-state index contributed by atoms with van der Waals surface area (Å²) < 4.78 is 0. The van der Waals surface area contributed by atoms with Crippen molar-refractivity contribution in [3.05, 3.63) is 0 Å². The molecule has 0 amide bonds. The van der Waals surface area contributed by atoms with Crippen molar-refractivity contribution in [3.8, 4) is 0 Å². The van der Waals surface area contributed by atoms with Gasteiger partial charge in [0.05, 0.1) is 0 Å². The van der Waals surface area contributed by atoms with Gasteiger partial charge in [-0.05, 0) is 58.2 Å². The van der Waals surface area contributed by atoms with E-state index in [0.717, 1.165) is 24.4 Å². The molecule has 1 saturated carbocycles. The molecule has 0 aromatic heterocycles. The number of nitrogens with two attached hydrogens (primary N) is 1. The van der Waals surface area contributed by atoms with Gasteiger partial charge in [0.15, 0.2) is 0 Å². The highest BCUT2D eigenvalue weighted by molar-refractivity contribution is 5.00. The third-order valence-corrected chi connectivity index (χ3v) is 5.98. The van der Waals surface area contributed by atoms with Gasteiger partial charge >= 0.3 is 0 Å². The van der Waals surface area contributed by atoms with Crippen LogP contribution in [0.25, 0.3) is 0 Å². The van der Waals surface area contributed by atoms with Gasteiger partial charge in [-0.25, -0.2) is 0 Å². The Labute approximate surface area is 119 Å². The van der Waals surface area contributed by atoms with Crippen molar-refractivity contribution in [1.29, 1.82) is 0 Å². The highest BCUT2D eigenvalue weighted by Crippen LogP contribution is 2.40. The van der Waals surface area contributed by atoms with E-state index in [1.807, 2.05) is 0 Å². The molecule has 0 spiro atoms. The van der Waals surface area contributed by atoms with Gasteiger partial charge < -0.3 is 10.6 Å². The number of likely N-dealkylation sites (tertiary alicyclic amines) is 1. The predicted molar refractivity (Wildman–Crippen MR) is 82.2 cm³/mol. The molecular formula is C16H33N3. The summed E-state index contributed by atoms with van der Waals surface area (Å²) in [5, 5.41) is 0. The molecule has 2 fully saturated rings. The van der Waals surface area contributed by atoms with Crippen molar-refractivity contribution >= 4 is 0 Å². The first-order valence-electron chi connectivity index (χ1n) is 8.11. The van der Waals surface area contributed by atoms with Gasteiger partial charge in [-0.15, -0.1) is 0 Å². The lowest BCUT2D eigenvalue weighted by Crippen LogP contribution is -2.61. The van der Waals surface area contributed by atoms with E-state index in [2.05, 4.69) is 37.7 Å². The zero-order chi connectivity index (χ0) is 14.0. The number of nitrogens with zero attached hydrogens (tertiary/aromatic N) is 2. The van der Waals surface area contributed by atoms with Gasteiger partial charge in [0.25, 0.3) is 0 Å². The van der Waals surface area contributed by atoms with Gasteiger partial charge in [0, 0.05) is 24.7 Å². The summed E-state index contributed by atoms with van der Waals surface area (Å²) in [6.45, 7) is 8.07. The highest BCUT2D eigenvalue weighted by Gasteiger charge is 2.43. The molecule has 19 heavy (non-hydrogen) atoms. The van der Waals surface area contributed by atoms with E-state index in [9.17, 15) is 0 Å². The Kier molecular flexibility index (Phi) is 4.91. The maximum atomic E-state index is 6.25. The molecule has 0 bridgehead atoms. The van der Waals surface area contributed by atoms with Gasteiger partial charge in [0.2, 0.25) is 0 Å². The Morgan fingerprint density at radius 1 is 1.26 bits per heavy atom. The van der Waals surface area contributed by atoms with Crippen LogP contribution < -0.4 is 5.73 Å². The molecule has 1 aliphatic heterocycles. The summed E-state index contributed by atoms with van der Waals surface area (Å²) in [7, 11) is 4.58. The van der Waals surface area contributed by atoms with Crippen LogP contribution in [0.4, 0.5) is 0 Å². The average Bonchev–Trinajstić information content (AvgIpc) is 2.78. The van der Waals surface area contributed by atoms with Gasteiger partial charge in [-0.3, -0.25) is 4.90 Å². The molecule has 1 heterocycles. The summed E-state index contributed by atoms with van der Waals surface area (Å²) in [5.41, 5.74) is 6.48. The fourth-order valence-corrected chi connectivity index (χ4v) is 4.39. The first-order valence-corrected chi connectivity index (χ1v) is 8.11. The quantitative estimate of drug-likeness (QED) is 0.847. The molecule has 0 aromatic carbocycles. The van der Waals surface area contributed by atoms with Crippen molar-refractivity contribution in [2.24, 2.45) is 17.6 Å². The largest absolute Gasteiger partial charge is 0.329 e. The molecule has 4 atom stereocenters. The van der Waals surface area contributed by atoms with Crippen LogP contribution in [0.2, 0.25) is 0 Å². The summed E-state index contributed by atoms with van der Waals surface area (Å²) in [4.78, 5) is 5.14. The summed E-state index contributed by atoms with van der Waals surface area (Å²) >= 11 is 0. The molecule has 0 radical (unpaired) electrons.